The van der Waals surface area contributed by atoms with Crippen molar-refractivity contribution in [2.75, 3.05) is 6.54 Å². The summed E-state index contributed by atoms with van der Waals surface area (Å²) in [7, 11) is 0. The Hall–Kier alpha value is -3.84. The maximum Gasteiger partial charge on any atom is 0.244 e. The van der Waals surface area contributed by atoms with Gasteiger partial charge in [0.05, 0.1) is 12.1 Å². The minimum absolute atomic E-state index is 0.0273. The van der Waals surface area contributed by atoms with Crippen LogP contribution in [0.25, 0.3) is 17.4 Å². The minimum atomic E-state index is -0.488. The van der Waals surface area contributed by atoms with Crippen molar-refractivity contribution in [3.05, 3.63) is 81.9 Å². The lowest BCUT2D eigenvalue weighted by Crippen LogP contribution is -2.38. The standard InChI is InChI=1S/C31H33N3O4/c1-18(15-34-25(35)12-9-20-7-6-14-32-16-20)33-17-24-19(2)26-28(36)29(37)27-21-8-5-13-31(3,4)23(21)11-10-22(27)30(26)38-24/h6-7,9-12,14,16,18,33H,5,8,13,15,17H2,1-4H3,(H,34,35)/b12-9+. The monoisotopic (exact) mass is 511 g/mol. The number of pyridine rings is 1. The van der Waals surface area contributed by atoms with Crippen LogP contribution in [0.5, 0.6) is 0 Å². The van der Waals surface area contributed by atoms with Crippen LogP contribution in [-0.2, 0) is 23.2 Å². The van der Waals surface area contributed by atoms with E-state index in [1.807, 2.05) is 32.0 Å². The SMILES string of the molecule is Cc1c(CNC(C)CNC(=O)/C=C/c2cccnc2)oc2c1C(=O)C(=O)c1c-2ccc2c1CCCC2(C)C. The Balaban J connectivity index is 1.30. The van der Waals surface area contributed by atoms with Gasteiger partial charge in [-0.1, -0.05) is 32.0 Å². The van der Waals surface area contributed by atoms with E-state index in [2.05, 4.69) is 35.5 Å². The van der Waals surface area contributed by atoms with Crippen LogP contribution in [0, 0.1) is 6.92 Å². The lowest BCUT2D eigenvalue weighted by Gasteiger charge is -2.34. The molecule has 3 aromatic rings. The fourth-order valence-corrected chi connectivity index (χ4v) is 5.55. The van der Waals surface area contributed by atoms with Crippen LogP contribution in [-0.4, -0.2) is 35.0 Å². The number of fused-ring (bicyclic) bond motifs is 5. The summed E-state index contributed by atoms with van der Waals surface area (Å²) in [5.74, 6) is 0.000944. The van der Waals surface area contributed by atoms with Gasteiger partial charge in [-0.2, -0.15) is 0 Å². The maximum atomic E-state index is 13.3. The molecule has 0 radical (unpaired) electrons. The molecular formula is C31H33N3O4. The first kappa shape index (κ1) is 25.8. The van der Waals surface area contributed by atoms with Crippen LogP contribution in [0.1, 0.15) is 82.3 Å². The highest BCUT2D eigenvalue weighted by molar-refractivity contribution is 6.53. The first-order chi connectivity index (χ1) is 18.2. The van der Waals surface area contributed by atoms with Gasteiger partial charge in [-0.3, -0.25) is 19.4 Å². The van der Waals surface area contributed by atoms with E-state index in [1.54, 1.807) is 18.5 Å². The number of ketones is 2. The lowest BCUT2D eigenvalue weighted by atomic mass is 9.69. The van der Waals surface area contributed by atoms with Crippen molar-refractivity contribution in [2.45, 2.75) is 65.0 Å². The van der Waals surface area contributed by atoms with Crippen LogP contribution in [0.15, 0.2) is 47.2 Å². The Morgan fingerprint density at radius 1 is 1.18 bits per heavy atom. The van der Waals surface area contributed by atoms with Gasteiger partial charge >= 0.3 is 0 Å². The molecule has 5 rings (SSSR count). The van der Waals surface area contributed by atoms with Gasteiger partial charge in [0.2, 0.25) is 17.5 Å². The number of hydrogen-bond donors (Lipinski definition) is 2. The first-order valence-corrected chi connectivity index (χ1v) is 13.1. The summed E-state index contributed by atoms with van der Waals surface area (Å²) < 4.78 is 6.25. The Morgan fingerprint density at radius 2 is 1.97 bits per heavy atom. The summed E-state index contributed by atoms with van der Waals surface area (Å²) in [6, 6.07) is 7.68. The largest absolute Gasteiger partial charge is 0.459 e. The molecule has 0 fully saturated rings. The highest BCUT2D eigenvalue weighted by Gasteiger charge is 2.40. The predicted molar refractivity (Wildman–Crippen MR) is 146 cm³/mol. The molecular weight excluding hydrogens is 478 g/mol. The molecule has 2 aromatic heterocycles. The Kier molecular flexibility index (Phi) is 6.88. The molecule has 7 nitrogen and oxygen atoms in total. The zero-order valence-electron chi connectivity index (χ0n) is 22.3. The summed E-state index contributed by atoms with van der Waals surface area (Å²) in [5, 5.41) is 6.23. The summed E-state index contributed by atoms with van der Waals surface area (Å²) in [4.78, 5) is 42.8. The number of rotatable bonds is 7. The van der Waals surface area contributed by atoms with Gasteiger partial charge in [0.25, 0.3) is 0 Å². The quantitative estimate of drug-likeness (QED) is 0.344. The van der Waals surface area contributed by atoms with Crippen molar-refractivity contribution in [2.24, 2.45) is 0 Å². The van der Waals surface area contributed by atoms with E-state index < -0.39 is 11.6 Å². The number of Topliss-reactive ketones (excluding diaryl/α,β-unsaturated/α-hetero) is 2. The second kappa shape index (κ2) is 10.1. The van der Waals surface area contributed by atoms with E-state index in [4.69, 9.17) is 4.42 Å². The molecule has 196 valence electrons. The number of aromatic nitrogens is 1. The van der Waals surface area contributed by atoms with Crippen LogP contribution in [0.2, 0.25) is 0 Å². The fourth-order valence-electron chi connectivity index (χ4n) is 5.55. The van der Waals surface area contributed by atoms with Gasteiger partial charge in [0, 0.05) is 47.7 Å². The van der Waals surface area contributed by atoms with E-state index in [1.165, 1.54) is 6.08 Å². The second-order valence-electron chi connectivity index (χ2n) is 10.9. The topological polar surface area (TPSA) is 101 Å². The molecule has 0 aliphatic heterocycles. The third kappa shape index (κ3) is 4.74. The van der Waals surface area contributed by atoms with Crippen molar-refractivity contribution < 1.29 is 18.8 Å². The van der Waals surface area contributed by atoms with Crippen molar-refractivity contribution >= 4 is 23.5 Å². The van der Waals surface area contributed by atoms with Crippen molar-refractivity contribution in [3.8, 4) is 11.3 Å². The molecule has 1 aromatic carbocycles. The average Bonchev–Trinajstić information content (AvgIpc) is 3.24. The molecule has 2 aliphatic carbocycles. The number of amides is 1. The zero-order valence-corrected chi connectivity index (χ0v) is 22.3. The number of hydrogen-bond acceptors (Lipinski definition) is 6. The van der Waals surface area contributed by atoms with Gasteiger partial charge < -0.3 is 15.1 Å². The Bertz CT molecular complexity index is 1450. The van der Waals surface area contributed by atoms with E-state index in [0.29, 0.717) is 41.3 Å². The first-order valence-electron chi connectivity index (χ1n) is 13.1. The third-order valence-corrected chi connectivity index (χ3v) is 7.73. The molecule has 1 amide bonds. The van der Waals surface area contributed by atoms with Gasteiger partial charge in [-0.05, 0) is 67.4 Å². The minimum Gasteiger partial charge on any atom is -0.459 e. The van der Waals surface area contributed by atoms with Crippen molar-refractivity contribution in [1.82, 2.24) is 15.6 Å². The Morgan fingerprint density at radius 3 is 2.74 bits per heavy atom. The van der Waals surface area contributed by atoms with Crippen LogP contribution >= 0.6 is 0 Å². The third-order valence-electron chi connectivity index (χ3n) is 7.73. The van der Waals surface area contributed by atoms with E-state index in [9.17, 15) is 14.4 Å². The van der Waals surface area contributed by atoms with Gasteiger partial charge in [0.15, 0.2) is 0 Å². The van der Waals surface area contributed by atoms with Crippen molar-refractivity contribution in [3.63, 3.8) is 0 Å². The highest BCUT2D eigenvalue weighted by Crippen LogP contribution is 2.45. The van der Waals surface area contributed by atoms with Crippen LogP contribution < -0.4 is 10.6 Å². The average molecular weight is 512 g/mol. The van der Waals surface area contributed by atoms with Gasteiger partial charge in [-0.25, -0.2) is 0 Å². The summed E-state index contributed by atoms with van der Waals surface area (Å²) in [6.45, 7) is 8.96. The van der Waals surface area contributed by atoms with Gasteiger partial charge in [0.1, 0.15) is 11.5 Å². The zero-order chi connectivity index (χ0) is 27.0. The summed E-state index contributed by atoms with van der Waals surface area (Å²) in [5.41, 5.74) is 5.28. The molecule has 1 atom stereocenters. The molecule has 2 heterocycles. The maximum absolute atomic E-state index is 13.3. The number of carbonyl (C=O) groups excluding carboxylic acids is 3. The number of furan rings is 1. The molecule has 0 bridgehead atoms. The van der Waals surface area contributed by atoms with Crippen molar-refractivity contribution in [1.29, 1.82) is 0 Å². The molecule has 1 unspecified atom stereocenters. The number of benzene rings is 1. The lowest BCUT2D eigenvalue weighted by molar-refractivity contribution is -0.116. The Labute approximate surface area is 222 Å². The van der Waals surface area contributed by atoms with Crippen LogP contribution in [0.3, 0.4) is 0 Å². The van der Waals surface area contributed by atoms with E-state index in [-0.39, 0.29) is 17.4 Å². The summed E-state index contributed by atoms with van der Waals surface area (Å²) >= 11 is 0. The molecule has 0 spiro atoms. The number of nitrogens with zero attached hydrogens (tertiary/aromatic N) is 1. The van der Waals surface area contributed by atoms with E-state index in [0.717, 1.165) is 41.5 Å². The molecule has 2 aliphatic rings. The van der Waals surface area contributed by atoms with Crippen LogP contribution in [0.4, 0.5) is 0 Å². The second-order valence-corrected chi connectivity index (χ2v) is 10.9. The number of nitrogens with one attached hydrogen (secondary N) is 2. The smallest absolute Gasteiger partial charge is 0.244 e. The molecule has 0 saturated heterocycles. The highest BCUT2D eigenvalue weighted by atomic mass is 16.3. The van der Waals surface area contributed by atoms with E-state index >= 15 is 0 Å². The predicted octanol–water partition coefficient (Wildman–Crippen LogP) is 4.95. The molecule has 38 heavy (non-hydrogen) atoms. The molecule has 7 heteroatoms. The summed E-state index contributed by atoms with van der Waals surface area (Å²) in [6.07, 6.45) is 9.41. The number of carbonyl (C=O) groups is 3. The molecule has 0 saturated carbocycles. The molecule has 2 N–H and O–H groups in total. The van der Waals surface area contributed by atoms with Gasteiger partial charge in [-0.15, -0.1) is 0 Å². The fraction of sp³-hybridized carbons (Fsp3) is 0.355. The normalized spacial score (nSPS) is 16.6.